The number of hydrogen-bond donors (Lipinski definition) is 1. The van der Waals surface area contributed by atoms with Gasteiger partial charge < -0.3 is 0 Å². The molecule has 0 aliphatic rings. The first-order chi connectivity index (χ1) is 8.16. The molecule has 84 valence electrons. The standard InChI is InChI=1S/C12H7ClFN3/c13-8-5-7(14)6-9-11(8)12(15)17-4-2-1-3-10(17)16-9/h1-6,15H. The fraction of sp³-hybridized carbons (Fsp3) is 0. The zero-order valence-electron chi connectivity index (χ0n) is 8.61. The van der Waals surface area contributed by atoms with Gasteiger partial charge in [0.05, 0.1) is 15.9 Å². The van der Waals surface area contributed by atoms with Crippen LogP contribution in [0.5, 0.6) is 0 Å². The molecule has 17 heavy (non-hydrogen) atoms. The van der Waals surface area contributed by atoms with E-state index in [1.807, 2.05) is 6.07 Å². The van der Waals surface area contributed by atoms with Crippen LogP contribution in [0.15, 0.2) is 36.5 Å². The quantitative estimate of drug-likeness (QED) is 0.610. The highest BCUT2D eigenvalue weighted by Crippen LogP contribution is 2.20. The summed E-state index contributed by atoms with van der Waals surface area (Å²) < 4.78 is 14.8. The monoisotopic (exact) mass is 247 g/mol. The number of nitrogens with zero attached hydrogens (tertiary/aromatic N) is 2. The van der Waals surface area contributed by atoms with Crippen molar-refractivity contribution in [1.29, 1.82) is 5.41 Å². The minimum absolute atomic E-state index is 0.204. The Morgan fingerprint density at radius 1 is 1.29 bits per heavy atom. The van der Waals surface area contributed by atoms with Gasteiger partial charge in [-0.1, -0.05) is 17.7 Å². The zero-order valence-corrected chi connectivity index (χ0v) is 9.37. The molecule has 0 fully saturated rings. The van der Waals surface area contributed by atoms with E-state index in [4.69, 9.17) is 17.0 Å². The molecule has 1 aromatic carbocycles. The van der Waals surface area contributed by atoms with Gasteiger partial charge in [0.25, 0.3) is 0 Å². The molecule has 0 saturated carbocycles. The Hall–Kier alpha value is -1.94. The fourth-order valence-electron chi connectivity index (χ4n) is 1.84. The molecule has 0 spiro atoms. The maximum absolute atomic E-state index is 13.2. The van der Waals surface area contributed by atoms with Crippen LogP contribution in [0.3, 0.4) is 0 Å². The van der Waals surface area contributed by atoms with Gasteiger partial charge >= 0.3 is 0 Å². The topological polar surface area (TPSA) is 41.2 Å². The van der Waals surface area contributed by atoms with Crippen molar-refractivity contribution in [2.75, 3.05) is 0 Å². The van der Waals surface area contributed by atoms with E-state index < -0.39 is 5.82 Å². The highest BCUT2D eigenvalue weighted by molar-refractivity contribution is 6.35. The van der Waals surface area contributed by atoms with Gasteiger partial charge in [0.15, 0.2) is 0 Å². The van der Waals surface area contributed by atoms with Gasteiger partial charge in [-0.15, -0.1) is 0 Å². The molecule has 0 atom stereocenters. The van der Waals surface area contributed by atoms with Crippen molar-refractivity contribution < 1.29 is 4.39 Å². The Balaban J connectivity index is 2.64. The molecule has 3 nitrogen and oxygen atoms in total. The molecular weight excluding hydrogens is 241 g/mol. The molecule has 0 bridgehead atoms. The molecule has 0 amide bonds. The molecule has 2 heterocycles. The predicted molar refractivity (Wildman–Crippen MR) is 63.5 cm³/mol. The van der Waals surface area contributed by atoms with Gasteiger partial charge in [-0.2, -0.15) is 0 Å². The summed E-state index contributed by atoms with van der Waals surface area (Å²) >= 11 is 5.95. The lowest BCUT2D eigenvalue weighted by Crippen LogP contribution is -2.15. The summed E-state index contributed by atoms with van der Waals surface area (Å²) in [5, 5.41) is 8.72. The second kappa shape index (κ2) is 3.53. The summed E-state index contributed by atoms with van der Waals surface area (Å²) in [6, 6.07) is 7.85. The molecular formula is C12H7ClFN3. The SMILES string of the molecule is N=c1c2c(Cl)cc(F)cc2nc2ccccn12. The highest BCUT2D eigenvalue weighted by atomic mass is 35.5. The minimum Gasteiger partial charge on any atom is -0.286 e. The minimum atomic E-state index is -0.449. The second-order valence-corrected chi connectivity index (χ2v) is 4.08. The first-order valence-corrected chi connectivity index (χ1v) is 5.35. The number of hydrogen-bond acceptors (Lipinski definition) is 2. The molecule has 3 rings (SSSR count). The average Bonchev–Trinajstić information content (AvgIpc) is 2.28. The maximum Gasteiger partial charge on any atom is 0.141 e. The average molecular weight is 248 g/mol. The smallest absolute Gasteiger partial charge is 0.141 e. The van der Waals surface area contributed by atoms with E-state index in [-0.39, 0.29) is 10.5 Å². The van der Waals surface area contributed by atoms with E-state index in [0.717, 1.165) is 0 Å². The Morgan fingerprint density at radius 3 is 2.94 bits per heavy atom. The van der Waals surface area contributed by atoms with Gasteiger partial charge in [-0.25, -0.2) is 9.37 Å². The molecule has 0 saturated heterocycles. The van der Waals surface area contributed by atoms with E-state index in [1.54, 1.807) is 22.7 Å². The van der Waals surface area contributed by atoms with Gasteiger partial charge in [-0.05, 0) is 18.2 Å². The molecule has 1 N–H and O–H groups in total. The van der Waals surface area contributed by atoms with Crippen molar-refractivity contribution in [1.82, 2.24) is 9.38 Å². The van der Waals surface area contributed by atoms with Crippen molar-refractivity contribution in [2.24, 2.45) is 0 Å². The summed E-state index contributed by atoms with van der Waals surface area (Å²) in [5.41, 5.74) is 1.19. The van der Waals surface area contributed by atoms with Gasteiger partial charge in [0.1, 0.15) is 17.0 Å². The second-order valence-electron chi connectivity index (χ2n) is 3.67. The predicted octanol–water partition coefficient (Wildman–Crippen LogP) is 2.76. The highest BCUT2D eigenvalue weighted by Gasteiger charge is 2.08. The Bertz CT molecular complexity index is 795. The molecule has 0 radical (unpaired) electrons. The molecule has 2 aromatic heterocycles. The lowest BCUT2D eigenvalue weighted by Gasteiger charge is -2.05. The van der Waals surface area contributed by atoms with Gasteiger partial charge in [0.2, 0.25) is 0 Å². The molecule has 0 unspecified atom stereocenters. The first-order valence-electron chi connectivity index (χ1n) is 4.97. The van der Waals surface area contributed by atoms with E-state index >= 15 is 0 Å². The van der Waals surface area contributed by atoms with Crippen LogP contribution in [-0.2, 0) is 0 Å². The number of pyridine rings is 1. The van der Waals surface area contributed by atoms with Crippen molar-refractivity contribution in [3.8, 4) is 0 Å². The van der Waals surface area contributed by atoms with Crippen LogP contribution in [0.1, 0.15) is 0 Å². The molecule has 5 heteroatoms. The lowest BCUT2D eigenvalue weighted by atomic mass is 10.2. The number of fused-ring (bicyclic) bond motifs is 2. The normalized spacial score (nSPS) is 11.2. The van der Waals surface area contributed by atoms with Crippen molar-refractivity contribution in [3.63, 3.8) is 0 Å². The molecule has 0 aliphatic heterocycles. The van der Waals surface area contributed by atoms with Crippen LogP contribution >= 0.6 is 11.6 Å². The third-order valence-corrected chi connectivity index (χ3v) is 2.88. The Labute approximate surface area is 101 Å². The maximum atomic E-state index is 13.2. The molecule has 3 aromatic rings. The fourth-order valence-corrected chi connectivity index (χ4v) is 2.13. The summed E-state index contributed by atoms with van der Waals surface area (Å²) in [6.45, 7) is 0. The van der Waals surface area contributed by atoms with Crippen molar-refractivity contribution >= 4 is 28.2 Å². The third kappa shape index (κ3) is 1.49. The third-order valence-electron chi connectivity index (χ3n) is 2.59. The lowest BCUT2D eigenvalue weighted by molar-refractivity contribution is 0.629. The van der Waals surface area contributed by atoms with Crippen LogP contribution in [-0.4, -0.2) is 9.38 Å². The summed E-state index contributed by atoms with van der Waals surface area (Å²) in [4.78, 5) is 4.28. The van der Waals surface area contributed by atoms with E-state index in [2.05, 4.69) is 4.98 Å². The van der Waals surface area contributed by atoms with Crippen molar-refractivity contribution in [3.05, 3.63) is 52.9 Å². The Morgan fingerprint density at radius 2 is 2.12 bits per heavy atom. The van der Waals surface area contributed by atoms with E-state index in [1.165, 1.54) is 12.1 Å². The van der Waals surface area contributed by atoms with E-state index in [0.29, 0.717) is 16.6 Å². The van der Waals surface area contributed by atoms with Gasteiger partial charge in [0, 0.05) is 12.3 Å². The number of aromatic nitrogens is 2. The number of nitrogens with one attached hydrogen (secondary N) is 1. The number of benzene rings is 1. The first kappa shape index (κ1) is 10.2. The van der Waals surface area contributed by atoms with Crippen LogP contribution < -0.4 is 5.49 Å². The summed E-state index contributed by atoms with van der Waals surface area (Å²) in [6.07, 6.45) is 1.73. The van der Waals surface area contributed by atoms with Crippen LogP contribution in [0.2, 0.25) is 5.02 Å². The van der Waals surface area contributed by atoms with Crippen LogP contribution in [0.25, 0.3) is 16.6 Å². The summed E-state index contributed by atoms with van der Waals surface area (Å²) in [7, 11) is 0. The largest absolute Gasteiger partial charge is 0.286 e. The number of rotatable bonds is 0. The number of halogens is 2. The van der Waals surface area contributed by atoms with Crippen molar-refractivity contribution in [2.45, 2.75) is 0 Å². The van der Waals surface area contributed by atoms with Crippen LogP contribution in [0, 0.1) is 11.2 Å². The zero-order chi connectivity index (χ0) is 12.0. The Kier molecular flexibility index (Phi) is 2.12. The van der Waals surface area contributed by atoms with Crippen LogP contribution in [0.4, 0.5) is 4.39 Å². The van der Waals surface area contributed by atoms with Gasteiger partial charge in [-0.3, -0.25) is 9.81 Å². The summed E-state index contributed by atoms with van der Waals surface area (Å²) in [5.74, 6) is -0.449. The van der Waals surface area contributed by atoms with E-state index in [9.17, 15) is 4.39 Å². The molecule has 0 aliphatic carbocycles.